The topological polar surface area (TPSA) is 17.1 Å². The van der Waals surface area contributed by atoms with Crippen molar-refractivity contribution in [1.29, 1.82) is 0 Å². The van der Waals surface area contributed by atoms with Crippen molar-refractivity contribution in [2.75, 3.05) is 0 Å². The van der Waals surface area contributed by atoms with Gasteiger partial charge >= 0.3 is 0 Å². The number of alkyl halides is 1. The highest BCUT2D eigenvalue weighted by molar-refractivity contribution is 9.09. The van der Waals surface area contributed by atoms with Gasteiger partial charge in [-0.1, -0.05) is 28.1 Å². The van der Waals surface area contributed by atoms with Gasteiger partial charge in [-0.25, -0.2) is 0 Å². The van der Waals surface area contributed by atoms with Gasteiger partial charge in [0.1, 0.15) is 5.78 Å². The number of halogens is 1. The zero-order valence-electron chi connectivity index (χ0n) is 4.88. The van der Waals surface area contributed by atoms with Crippen LogP contribution in [0.1, 0.15) is 6.42 Å². The molecule has 48 valence electrons. The summed E-state index contributed by atoms with van der Waals surface area (Å²) in [5.74, 6) is 1.28. The number of hydrogen-bond acceptors (Lipinski definition) is 1. The summed E-state index contributed by atoms with van der Waals surface area (Å²) in [6.45, 7) is 0. The monoisotopic (exact) mass is 186 g/mol. The quantitative estimate of drug-likeness (QED) is 0.415. The highest BCUT2D eigenvalue weighted by Crippen LogP contribution is 2.42. The van der Waals surface area contributed by atoms with E-state index in [2.05, 4.69) is 22.0 Å². The zero-order valence-corrected chi connectivity index (χ0v) is 6.47. The number of rotatable bonds is 0. The third-order valence-corrected chi connectivity index (χ3v) is 3.17. The molecule has 3 unspecified atom stereocenters. The maximum Gasteiger partial charge on any atom is 0.140 e. The van der Waals surface area contributed by atoms with E-state index in [1.165, 1.54) is 0 Å². The fourth-order valence-corrected chi connectivity index (χ4v) is 2.19. The van der Waals surface area contributed by atoms with Gasteiger partial charge in [-0.05, 0) is 5.92 Å². The Bertz CT molecular complexity index is 185. The second-order valence-corrected chi connectivity index (χ2v) is 3.75. The lowest BCUT2D eigenvalue weighted by molar-refractivity contribution is -0.130. The molecule has 2 aliphatic carbocycles. The average Bonchev–Trinajstić information content (AvgIpc) is 2.07. The van der Waals surface area contributed by atoms with Crippen molar-refractivity contribution < 1.29 is 4.79 Å². The van der Waals surface area contributed by atoms with Crippen molar-refractivity contribution >= 4 is 21.7 Å². The van der Waals surface area contributed by atoms with Crippen LogP contribution in [0, 0.1) is 11.8 Å². The van der Waals surface area contributed by atoms with Crippen molar-refractivity contribution in [3.8, 4) is 0 Å². The Labute approximate surface area is 62.3 Å². The summed E-state index contributed by atoms with van der Waals surface area (Å²) in [5, 5.41) is 0. The van der Waals surface area contributed by atoms with Gasteiger partial charge < -0.3 is 0 Å². The molecule has 0 spiro atoms. The van der Waals surface area contributed by atoms with E-state index < -0.39 is 0 Å². The van der Waals surface area contributed by atoms with Gasteiger partial charge in [-0.3, -0.25) is 4.79 Å². The maximum atomic E-state index is 10.8. The molecule has 2 aliphatic rings. The van der Waals surface area contributed by atoms with Gasteiger partial charge in [0.15, 0.2) is 0 Å². The van der Waals surface area contributed by atoms with Gasteiger partial charge in [0.05, 0.1) is 0 Å². The number of allylic oxidation sites excluding steroid dienone is 2. The molecule has 0 bridgehead atoms. The summed E-state index contributed by atoms with van der Waals surface area (Å²) in [4.78, 5) is 11.3. The van der Waals surface area contributed by atoms with Gasteiger partial charge in [0.25, 0.3) is 0 Å². The lowest BCUT2D eigenvalue weighted by Crippen LogP contribution is -2.36. The van der Waals surface area contributed by atoms with Crippen LogP contribution in [0.3, 0.4) is 0 Å². The van der Waals surface area contributed by atoms with Crippen molar-refractivity contribution in [2.24, 2.45) is 11.8 Å². The molecule has 0 aromatic heterocycles. The van der Waals surface area contributed by atoms with Gasteiger partial charge in [-0.2, -0.15) is 0 Å². The summed E-state index contributed by atoms with van der Waals surface area (Å²) in [5.41, 5.74) is 0. The standard InChI is InChI=1S/C7H7BrO/c8-6-2-1-4-5(6)3-7(4)9/h1-2,4-6H,3H2. The van der Waals surface area contributed by atoms with Crippen molar-refractivity contribution in [3.63, 3.8) is 0 Å². The summed E-state index contributed by atoms with van der Waals surface area (Å²) >= 11 is 3.48. The molecule has 1 nitrogen and oxygen atoms in total. The molecule has 2 rings (SSSR count). The predicted octanol–water partition coefficient (Wildman–Crippen LogP) is 1.52. The Hall–Kier alpha value is -0.110. The van der Waals surface area contributed by atoms with E-state index in [1.807, 2.05) is 6.08 Å². The minimum Gasteiger partial charge on any atom is -0.299 e. The SMILES string of the molecule is O=C1CC2C(Br)C=CC12. The van der Waals surface area contributed by atoms with Crippen LogP contribution >= 0.6 is 15.9 Å². The molecule has 0 amide bonds. The second-order valence-electron chi connectivity index (χ2n) is 2.69. The fourth-order valence-electron chi connectivity index (χ4n) is 1.50. The van der Waals surface area contributed by atoms with Crippen molar-refractivity contribution in [3.05, 3.63) is 12.2 Å². The molecular formula is C7H7BrO. The molecule has 1 saturated carbocycles. The first-order valence-electron chi connectivity index (χ1n) is 3.14. The molecule has 0 aromatic carbocycles. The molecule has 0 N–H and O–H groups in total. The van der Waals surface area contributed by atoms with Crippen LogP contribution in [0.2, 0.25) is 0 Å². The first kappa shape index (κ1) is 5.66. The summed E-state index contributed by atoms with van der Waals surface area (Å²) in [6, 6.07) is 0. The number of carbonyl (C=O) groups is 1. The molecule has 0 saturated heterocycles. The van der Waals surface area contributed by atoms with Crippen LogP contribution in [0.15, 0.2) is 12.2 Å². The number of carbonyl (C=O) groups excluding carboxylic acids is 1. The summed E-state index contributed by atoms with van der Waals surface area (Å²) in [6.07, 6.45) is 4.89. The number of hydrogen-bond donors (Lipinski definition) is 0. The molecule has 2 heteroatoms. The number of ketones is 1. The Morgan fingerprint density at radius 1 is 1.56 bits per heavy atom. The number of fused-ring (bicyclic) bond motifs is 1. The van der Waals surface area contributed by atoms with E-state index >= 15 is 0 Å². The van der Waals surface area contributed by atoms with E-state index in [1.54, 1.807) is 0 Å². The molecule has 0 aromatic rings. The Morgan fingerprint density at radius 3 is 2.78 bits per heavy atom. The van der Waals surface area contributed by atoms with Crippen molar-refractivity contribution in [1.82, 2.24) is 0 Å². The van der Waals surface area contributed by atoms with Crippen LogP contribution in [0.4, 0.5) is 0 Å². The zero-order chi connectivity index (χ0) is 6.43. The molecule has 3 atom stereocenters. The van der Waals surface area contributed by atoms with Crippen LogP contribution in [0.25, 0.3) is 0 Å². The number of Topliss-reactive ketones (excluding diaryl/α,β-unsaturated/α-hetero) is 1. The molecule has 0 radical (unpaired) electrons. The Balaban J connectivity index is 2.19. The van der Waals surface area contributed by atoms with Gasteiger partial charge in [0.2, 0.25) is 0 Å². The normalized spacial score (nSPS) is 46.8. The van der Waals surface area contributed by atoms with E-state index in [4.69, 9.17) is 0 Å². The van der Waals surface area contributed by atoms with Crippen molar-refractivity contribution in [2.45, 2.75) is 11.2 Å². The first-order valence-corrected chi connectivity index (χ1v) is 4.06. The Kier molecular flexibility index (Phi) is 1.06. The Morgan fingerprint density at radius 2 is 2.33 bits per heavy atom. The van der Waals surface area contributed by atoms with Crippen LogP contribution in [-0.4, -0.2) is 10.6 Å². The highest BCUT2D eigenvalue weighted by atomic mass is 79.9. The van der Waals surface area contributed by atoms with Crippen LogP contribution in [-0.2, 0) is 4.79 Å². The molecule has 1 fully saturated rings. The van der Waals surface area contributed by atoms with Gasteiger partial charge in [0, 0.05) is 17.2 Å². The third-order valence-electron chi connectivity index (χ3n) is 2.18. The molecule has 0 heterocycles. The first-order chi connectivity index (χ1) is 4.29. The van der Waals surface area contributed by atoms with E-state index in [-0.39, 0.29) is 5.92 Å². The largest absolute Gasteiger partial charge is 0.299 e. The molecule has 9 heavy (non-hydrogen) atoms. The van der Waals surface area contributed by atoms with E-state index in [9.17, 15) is 4.79 Å². The lowest BCUT2D eigenvalue weighted by Gasteiger charge is -2.30. The summed E-state index contributed by atoms with van der Waals surface area (Å²) in [7, 11) is 0. The molecular weight excluding hydrogens is 180 g/mol. The minimum atomic E-state index is 0.273. The second kappa shape index (κ2) is 1.69. The fraction of sp³-hybridized carbons (Fsp3) is 0.571. The molecule has 0 aliphatic heterocycles. The summed E-state index contributed by atoms with van der Waals surface area (Å²) < 4.78 is 0. The minimum absolute atomic E-state index is 0.273. The van der Waals surface area contributed by atoms with Crippen LogP contribution < -0.4 is 0 Å². The predicted molar refractivity (Wildman–Crippen MR) is 38.5 cm³/mol. The highest BCUT2D eigenvalue weighted by Gasteiger charge is 2.44. The third kappa shape index (κ3) is 0.627. The van der Waals surface area contributed by atoms with Gasteiger partial charge in [-0.15, -0.1) is 0 Å². The average molecular weight is 187 g/mol. The van der Waals surface area contributed by atoms with Crippen LogP contribution in [0.5, 0.6) is 0 Å². The van der Waals surface area contributed by atoms with E-state index in [0.29, 0.717) is 16.5 Å². The van der Waals surface area contributed by atoms with E-state index in [0.717, 1.165) is 6.42 Å². The smallest absolute Gasteiger partial charge is 0.140 e. The maximum absolute atomic E-state index is 10.8. The lowest BCUT2D eigenvalue weighted by atomic mass is 9.75.